The van der Waals surface area contributed by atoms with Crippen LogP contribution in [0.1, 0.15) is 64.0 Å². The largest absolute Gasteiger partial charge is 0.467 e. The molecule has 0 saturated carbocycles. The lowest BCUT2D eigenvalue weighted by molar-refractivity contribution is 0.227. The summed E-state index contributed by atoms with van der Waals surface area (Å²) in [5.74, 6) is 2.01. The standard InChI is InChI=1S/C30H31F2N5O.C9H15N/c1-7-17(3)37-15-14-24(18(37)4)36(5)29-22-16-33-27(26(32)28(22)34-30(35-29)38-6)21-11-9-10-19-12-13-23(31)20(8-2)25(19)21;1-2-8-6-9-4-3-5-10(9)7-8/h2,7,9-11,16-18,24H,1,12-15H2,3-6H3;2,9H,3-7H2,1H3/b;8-2-/t17?,18-,24?;/m1./s1. The van der Waals surface area contributed by atoms with Crippen LogP contribution >= 0.6 is 0 Å². The summed E-state index contributed by atoms with van der Waals surface area (Å²) >= 11 is 0. The van der Waals surface area contributed by atoms with Crippen molar-refractivity contribution in [2.24, 2.45) is 0 Å². The van der Waals surface area contributed by atoms with Gasteiger partial charge in [-0.25, -0.2) is 8.78 Å². The van der Waals surface area contributed by atoms with Crippen LogP contribution in [0.15, 0.2) is 54.5 Å². The lowest BCUT2D eigenvalue weighted by atomic mass is 9.85. The molecular weight excluding hydrogens is 606 g/mol. The number of halogens is 2. The predicted molar refractivity (Wildman–Crippen MR) is 190 cm³/mol. The summed E-state index contributed by atoms with van der Waals surface area (Å²) in [5.41, 5.74) is 3.78. The summed E-state index contributed by atoms with van der Waals surface area (Å²) in [4.78, 5) is 20.6. The number of fused-ring (bicyclic) bond motifs is 3. The van der Waals surface area contributed by atoms with Crippen LogP contribution in [0.5, 0.6) is 6.01 Å². The third kappa shape index (κ3) is 6.12. The highest BCUT2D eigenvalue weighted by Crippen LogP contribution is 2.41. The number of pyridine rings is 1. The molecule has 3 fully saturated rings. The van der Waals surface area contributed by atoms with E-state index in [4.69, 9.17) is 11.2 Å². The van der Waals surface area contributed by atoms with Crippen molar-refractivity contribution in [2.45, 2.75) is 83.5 Å². The van der Waals surface area contributed by atoms with E-state index in [1.165, 1.54) is 39.5 Å². The number of anilines is 1. The van der Waals surface area contributed by atoms with Crippen molar-refractivity contribution in [1.29, 1.82) is 0 Å². The molecule has 9 heteroatoms. The smallest absolute Gasteiger partial charge is 0.318 e. The van der Waals surface area contributed by atoms with Gasteiger partial charge >= 0.3 is 6.01 Å². The fourth-order valence-corrected chi connectivity index (χ4v) is 8.03. The van der Waals surface area contributed by atoms with Gasteiger partial charge in [0, 0.05) is 68.0 Å². The van der Waals surface area contributed by atoms with Gasteiger partial charge in [0.1, 0.15) is 22.9 Å². The van der Waals surface area contributed by atoms with Gasteiger partial charge in [-0.2, -0.15) is 9.97 Å². The number of ether oxygens (including phenoxy) is 1. The van der Waals surface area contributed by atoms with Gasteiger partial charge in [-0.05, 0) is 65.0 Å². The van der Waals surface area contributed by atoms with E-state index in [1.807, 2.05) is 25.3 Å². The molecule has 4 atom stereocenters. The van der Waals surface area contributed by atoms with Gasteiger partial charge < -0.3 is 9.64 Å². The molecule has 0 N–H and O–H groups in total. The first-order valence-electron chi connectivity index (χ1n) is 17.1. The van der Waals surface area contributed by atoms with Crippen LogP contribution in [0, 0.1) is 18.2 Å². The topological polar surface area (TPSA) is 57.6 Å². The molecule has 0 radical (unpaired) electrons. The van der Waals surface area contributed by atoms with E-state index in [0.717, 1.165) is 24.6 Å². The van der Waals surface area contributed by atoms with E-state index in [-0.39, 0.29) is 53.2 Å². The molecule has 252 valence electrons. The SMILES string of the molecule is C#CC1=C(F)CCc2cccc(-c3ncc4c(N(C)C5CCN(C(C)C=C)[C@@H]5C)nc(OC)nc4c3F)c21.C/C=C1/CC2CCCN2C1. The van der Waals surface area contributed by atoms with E-state index < -0.39 is 5.82 Å². The molecule has 1 aliphatic carbocycles. The Bertz CT molecular complexity index is 1800. The molecule has 0 amide bonds. The molecule has 2 aromatic heterocycles. The fraction of sp³-hybridized carbons (Fsp3) is 0.462. The van der Waals surface area contributed by atoms with Crippen LogP contribution in [0.25, 0.3) is 27.7 Å². The quantitative estimate of drug-likeness (QED) is 0.204. The number of likely N-dealkylation sites (tertiary alicyclic amines) is 1. The van der Waals surface area contributed by atoms with Crippen molar-refractivity contribution in [3.63, 3.8) is 0 Å². The number of methoxy groups -OCH3 is 1. The minimum absolute atomic E-state index is 0.0581. The second kappa shape index (κ2) is 14.2. The highest BCUT2D eigenvalue weighted by Gasteiger charge is 2.37. The number of aryl methyl sites for hydroxylation is 1. The first-order chi connectivity index (χ1) is 23.2. The van der Waals surface area contributed by atoms with E-state index in [2.05, 4.69) is 69.0 Å². The minimum Gasteiger partial charge on any atom is -0.467 e. The summed E-state index contributed by atoms with van der Waals surface area (Å²) < 4.78 is 36.3. The molecule has 3 saturated heterocycles. The van der Waals surface area contributed by atoms with Gasteiger partial charge in [0.05, 0.1) is 18.1 Å². The Hall–Kier alpha value is -4.13. The number of likely N-dealkylation sites (N-methyl/N-ethyl adjacent to an activating group) is 1. The molecule has 7 rings (SSSR count). The van der Waals surface area contributed by atoms with Crippen molar-refractivity contribution >= 4 is 22.3 Å². The lowest BCUT2D eigenvalue weighted by Crippen LogP contribution is -2.44. The summed E-state index contributed by atoms with van der Waals surface area (Å²) in [7, 11) is 3.41. The lowest BCUT2D eigenvalue weighted by Gasteiger charge is -2.34. The molecule has 3 aliphatic heterocycles. The maximum Gasteiger partial charge on any atom is 0.318 e. The van der Waals surface area contributed by atoms with Crippen LogP contribution in [0.3, 0.4) is 0 Å². The second-order valence-electron chi connectivity index (χ2n) is 13.3. The van der Waals surface area contributed by atoms with Crippen molar-refractivity contribution in [1.82, 2.24) is 24.8 Å². The van der Waals surface area contributed by atoms with Gasteiger partial charge in [0.2, 0.25) is 0 Å². The Morgan fingerprint density at radius 1 is 1.19 bits per heavy atom. The third-order valence-corrected chi connectivity index (χ3v) is 10.8. The predicted octanol–water partition coefficient (Wildman–Crippen LogP) is 7.37. The Kier molecular flexibility index (Phi) is 9.95. The Morgan fingerprint density at radius 2 is 2.00 bits per heavy atom. The van der Waals surface area contributed by atoms with Crippen molar-refractivity contribution < 1.29 is 13.5 Å². The minimum atomic E-state index is -0.630. The fourth-order valence-electron chi connectivity index (χ4n) is 8.03. The first-order valence-corrected chi connectivity index (χ1v) is 17.1. The molecule has 0 spiro atoms. The Labute approximate surface area is 283 Å². The summed E-state index contributed by atoms with van der Waals surface area (Å²) in [6, 6.07) is 7.00. The van der Waals surface area contributed by atoms with E-state index in [0.29, 0.717) is 28.8 Å². The van der Waals surface area contributed by atoms with Gasteiger partial charge in [0.15, 0.2) is 5.82 Å². The van der Waals surface area contributed by atoms with Crippen LogP contribution in [0.4, 0.5) is 14.6 Å². The maximum absolute atomic E-state index is 16.3. The molecule has 7 nitrogen and oxygen atoms in total. The normalized spacial score (nSPS) is 23.8. The van der Waals surface area contributed by atoms with E-state index in [1.54, 1.807) is 17.8 Å². The Morgan fingerprint density at radius 3 is 2.71 bits per heavy atom. The van der Waals surface area contributed by atoms with Crippen molar-refractivity contribution in [2.75, 3.05) is 38.7 Å². The second-order valence-corrected chi connectivity index (χ2v) is 13.3. The van der Waals surface area contributed by atoms with Gasteiger partial charge in [-0.15, -0.1) is 13.0 Å². The number of hydrogen-bond acceptors (Lipinski definition) is 7. The number of benzene rings is 1. The first kappa shape index (κ1) is 33.8. The molecule has 0 bridgehead atoms. The summed E-state index contributed by atoms with van der Waals surface area (Å²) in [5, 5.41) is 0.473. The third-order valence-electron chi connectivity index (χ3n) is 10.8. The number of rotatable bonds is 6. The molecule has 5 heterocycles. The summed E-state index contributed by atoms with van der Waals surface area (Å²) in [6.45, 7) is 13.9. The van der Waals surface area contributed by atoms with Gasteiger partial charge in [-0.3, -0.25) is 14.8 Å². The summed E-state index contributed by atoms with van der Waals surface area (Å²) in [6.07, 6.45) is 17.4. The number of terminal acetylenes is 1. The average Bonchev–Trinajstić information content (AvgIpc) is 3.83. The highest BCUT2D eigenvalue weighted by atomic mass is 19.1. The molecular formula is C39H46F2N6O. The monoisotopic (exact) mass is 652 g/mol. The van der Waals surface area contributed by atoms with Crippen LogP contribution < -0.4 is 9.64 Å². The van der Waals surface area contributed by atoms with Crippen molar-refractivity contribution in [3.05, 3.63) is 71.5 Å². The van der Waals surface area contributed by atoms with Crippen LogP contribution in [-0.2, 0) is 6.42 Å². The zero-order valence-electron chi connectivity index (χ0n) is 28.8. The molecule has 48 heavy (non-hydrogen) atoms. The molecule has 3 unspecified atom stereocenters. The Balaban J connectivity index is 0.000000340. The van der Waals surface area contributed by atoms with Crippen LogP contribution in [-0.4, -0.2) is 82.7 Å². The molecule has 3 aromatic rings. The zero-order valence-corrected chi connectivity index (χ0v) is 28.8. The van der Waals surface area contributed by atoms with E-state index >= 15 is 4.39 Å². The highest BCUT2D eigenvalue weighted by molar-refractivity contribution is 5.95. The zero-order chi connectivity index (χ0) is 34.1. The number of hydrogen-bond donors (Lipinski definition) is 0. The number of aromatic nitrogens is 3. The average molecular weight is 653 g/mol. The number of nitrogens with zero attached hydrogens (tertiary/aromatic N) is 6. The van der Waals surface area contributed by atoms with Crippen LogP contribution in [0.2, 0.25) is 0 Å². The molecule has 1 aromatic carbocycles. The van der Waals surface area contributed by atoms with Gasteiger partial charge in [0.25, 0.3) is 0 Å². The van der Waals surface area contributed by atoms with E-state index in [9.17, 15) is 4.39 Å². The molecule has 4 aliphatic rings. The number of allylic oxidation sites excluding steroid dienone is 3. The van der Waals surface area contributed by atoms with Gasteiger partial charge in [-0.1, -0.05) is 41.8 Å². The maximum atomic E-state index is 16.3. The van der Waals surface area contributed by atoms with Crippen molar-refractivity contribution in [3.8, 4) is 29.6 Å².